The molecule has 0 atom stereocenters. The summed E-state index contributed by atoms with van der Waals surface area (Å²) in [4.78, 5) is 21.9. The third kappa shape index (κ3) is 4.53. The van der Waals surface area contributed by atoms with Crippen LogP contribution in [0.25, 0.3) is 6.08 Å². The molecule has 2 N–H and O–H groups in total. The summed E-state index contributed by atoms with van der Waals surface area (Å²) in [5.74, 6) is -1.20. The zero-order chi connectivity index (χ0) is 17.7. The predicted octanol–water partition coefficient (Wildman–Crippen LogP) is 3.42. The van der Waals surface area contributed by atoms with Crippen LogP contribution in [0.4, 0.5) is 10.1 Å². The Labute approximate surface area is 141 Å². The average Bonchev–Trinajstić information content (AvgIpc) is 2.55. The maximum atomic E-state index is 13.0. The number of carbonyl (C=O) groups excluding carboxylic acids is 1. The Morgan fingerprint density at radius 3 is 2.75 bits per heavy atom. The molecule has 0 heterocycles. The van der Waals surface area contributed by atoms with Crippen molar-refractivity contribution in [2.45, 2.75) is 6.54 Å². The Kier molecular flexibility index (Phi) is 5.49. The SMILES string of the molecule is O=C(/C=C/c1ccc(F)c(Cl)c1)NCc1cc([N+](=O)[O-])ccc1O. The minimum absolute atomic E-state index is 0.0564. The van der Waals surface area contributed by atoms with Crippen molar-refractivity contribution in [2.75, 3.05) is 0 Å². The highest BCUT2D eigenvalue weighted by Gasteiger charge is 2.10. The number of non-ortho nitro benzene ring substituents is 1. The maximum Gasteiger partial charge on any atom is 0.270 e. The standard InChI is InChI=1S/C16H12ClFN2O4/c17-13-7-10(1-4-14(13)18)2-6-16(22)19-9-11-8-12(20(23)24)3-5-15(11)21/h1-8,21H,9H2,(H,19,22)/b6-2+. The average molecular weight is 351 g/mol. The van der Waals surface area contributed by atoms with Crippen LogP contribution in [0, 0.1) is 15.9 Å². The summed E-state index contributed by atoms with van der Waals surface area (Å²) in [5, 5.41) is 22.8. The van der Waals surface area contributed by atoms with Crippen LogP contribution in [0.5, 0.6) is 5.75 Å². The number of nitro benzene ring substituents is 1. The molecule has 0 bridgehead atoms. The van der Waals surface area contributed by atoms with Gasteiger partial charge in [-0.15, -0.1) is 0 Å². The van der Waals surface area contributed by atoms with E-state index in [9.17, 15) is 24.4 Å². The molecule has 2 aromatic carbocycles. The summed E-state index contributed by atoms with van der Waals surface area (Å²) in [5.41, 5.74) is 0.569. The van der Waals surface area contributed by atoms with E-state index in [1.54, 1.807) is 0 Å². The van der Waals surface area contributed by atoms with Gasteiger partial charge in [-0.1, -0.05) is 17.7 Å². The number of nitrogens with one attached hydrogen (secondary N) is 1. The highest BCUT2D eigenvalue weighted by Crippen LogP contribution is 2.22. The molecule has 0 radical (unpaired) electrons. The molecule has 2 aromatic rings. The van der Waals surface area contributed by atoms with Crippen LogP contribution in [0.15, 0.2) is 42.5 Å². The van der Waals surface area contributed by atoms with Gasteiger partial charge in [0.05, 0.1) is 9.95 Å². The van der Waals surface area contributed by atoms with Gasteiger partial charge in [-0.25, -0.2) is 4.39 Å². The first-order chi connectivity index (χ1) is 11.4. The number of phenolic OH excluding ortho intramolecular Hbond substituents is 1. The molecule has 6 nitrogen and oxygen atoms in total. The van der Waals surface area contributed by atoms with Crippen molar-refractivity contribution < 1.29 is 19.2 Å². The normalized spacial score (nSPS) is 10.8. The topological polar surface area (TPSA) is 92.5 Å². The monoisotopic (exact) mass is 350 g/mol. The van der Waals surface area contributed by atoms with Crippen molar-refractivity contribution >= 4 is 29.3 Å². The quantitative estimate of drug-likeness (QED) is 0.491. The number of hydrogen-bond acceptors (Lipinski definition) is 4. The van der Waals surface area contributed by atoms with Gasteiger partial charge in [0.1, 0.15) is 11.6 Å². The molecule has 0 saturated carbocycles. The number of hydrogen-bond donors (Lipinski definition) is 2. The van der Waals surface area contributed by atoms with Crippen LogP contribution in [0.1, 0.15) is 11.1 Å². The van der Waals surface area contributed by atoms with Crippen molar-refractivity contribution in [3.8, 4) is 5.75 Å². The van der Waals surface area contributed by atoms with Gasteiger partial charge in [0.15, 0.2) is 0 Å². The Morgan fingerprint density at radius 1 is 1.33 bits per heavy atom. The first-order valence-corrected chi connectivity index (χ1v) is 7.12. The Bertz CT molecular complexity index is 824. The number of carbonyl (C=O) groups is 1. The van der Waals surface area contributed by atoms with Crippen LogP contribution in [0.2, 0.25) is 5.02 Å². The van der Waals surface area contributed by atoms with Gasteiger partial charge in [-0.05, 0) is 29.8 Å². The number of halogens is 2. The van der Waals surface area contributed by atoms with Crippen LogP contribution in [-0.4, -0.2) is 15.9 Å². The molecule has 24 heavy (non-hydrogen) atoms. The Hall–Kier alpha value is -2.93. The highest BCUT2D eigenvalue weighted by molar-refractivity contribution is 6.30. The fraction of sp³-hybridized carbons (Fsp3) is 0.0625. The summed E-state index contributed by atoms with van der Waals surface area (Å²) < 4.78 is 13.0. The molecular weight excluding hydrogens is 339 g/mol. The van der Waals surface area contributed by atoms with E-state index in [4.69, 9.17) is 11.6 Å². The maximum absolute atomic E-state index is 13.0. The summed E-state index contributed by atoms with van der Waals surface area (Å²) in [6.45, 7) is -0.0825. The molecule has 124 valence electrons. The smallest absolute Gasteiger partial charge is 0.270 e. The number of rotatable bonds is 5. The van der Waals surface area contributed by atoms with E-state index in [0.717, 1.165) is 0 Å². The van der Waals surface area contributed by atoms with E-state index in [0.29, 0.717) is 5.56 Å². The van der Waals surface area contributed by atoms with Gasteiger partial charge < -0.3 is 10.4 Å². The Balaban J connectivity index is 2.00. The van der Waals surface area contributed by atoms with E-state index in [2.05, 4.69) is 5.32 Å². The van der Waals surface area contributed by atoms with Crippen molar-refractivity contribution in [3.05, 3.63) is 74.6 Å². The van der Waals surface area contributed by atoms with Crippen molar-refractivity contribution in [1.82, 2.24) is 5.32 Å². The fourth-order valence-corrected chi connectivity index (χ4v) is 2.05. The third-order valence-electron chi connectivity index (χ3n) is 3.10. The van der Waals surface area contributed by atoms with Crippen LogP contribution in [-0.2, 0) is 11.3 Å². The minimum Gasteiger partial charge on any atom is -0.508 e. The molecule has 2 rings (SSSR count). The first kappa shape index (κ1) is 17.4. The lowest BCUT2D eigenvalue weighted by Gasteiger charge is -2.05. The molecule has 8 heteroatoms. The predicted molar refractivity (Wildman–Crippen MR) is 87.1 cm³/mol. The lowest BCUT2D eigenvalue weighted by molar-refractivity contribution is -0.384. The highest BCUT2D eigenvalue weighted by atomic mass is 35.5. The van der Waals surface area contributed by atoms with Gasteiger partial charge in [0.2, 0.25) is 5.91 Å². The van der Waals surface area contributed by atoms with Crippen molar-refractivity contribution in [2.24, 2.45) is 0 Å². The van der Waals surface area contributed by atoms with E-state index in [1.165, 1.54) is 48.6 Å². The van der Waals surface area contributed by atoms with Gasteiger partial charge in [-0.2, -0.15) is 0 Å². The van der Waals surface area contributed by atoms with Crippen LogP contribution < -0.4 is 5.32 Å². The molecule has 0 fully saturated rings. The number of nitrogens with zero attached hydrogens (tertiary/aromatic N) is 1. The molecule has 0 aliphatic rings. The van der Waals surface area contributed by atoms with E-state index in [1.807, 2.05) is 0 Å². The molecule has 0 aliphatic heterocycles. The van der Waals surface area contributed by atoms with E-state index in [-0.39, 0.29) is 28.6 Å². The lowest BCUT2D eigenvalue weighted by Crippen LogP contribution is -2.20. The second kappa shape index (κ2) is 7.56. The summed E-state index contributed by atoms with van der Waals surface area (Å²) in [6, 6.07) is 7.54. The van der Waals surface area contributed by atoms with E-state index < -0.39 is 16.6 Å². The van der Waals surface area contributed by atoms with Gasteiger partial charge in [0, 0.05) is 30.3 Å². The molecule has 1 amide bonds. The number of phenols is 1. The first-order valence-electron chi connectivity index (χ1n) is 6.74. The largest absolute Gasteiger partial charge is 0.508 e. The van der Waals surface area contributed by atoms with E-state index >= 15 is 0 Å². The number of benzene rings is 2. The third-order valence-corrected chi connectivity index (χ3v) is 3.39. The molecule has 0 saturated heterocycles. The lowest BCUT2D eigenvalue weighted by atomic mass is 10.1. The molecular formula is C16H12ClFN2O4. The molecule has 0 unspecified atom stereocenters. The van der Waals surface area contributed by atoms with Crippen molar-refractivity contribution in [1.29, 1.82) is 0 Å². The second-order valence-electron chi connectivity index (χ2n) is 4.79. The number of amides is 1. The summed E-state index contributed by atoms with van der Waals surface area (Å²) >= 11 is 5.64. The minimum atomic E-state index is -0.594. The summed E-state index contributed by atoms with van der Waals surface area (Å²) in [6.07, 6.45) is 2.64. The van der Waals surface area contributed by atoms with Crippen LogP contribution in [0.3, 0.4) is 0 Å². The molecule has 0 spiro atoms. The number of aromatic hydroxyl groups is 1. The summed E-state index contributed by atoms with van der Waals surface area (Å²) in [7, 11) is 0. The molecule has 0 aromatic heterocycles. The molecule has 0 aliphatic carbocycles. The van der Waals surface area contributed by atoms with Gasteiger partial charge >= 0.3 is 0 Å². The zero-order valence-electron chi connectivity index (χ0n) is 12.2. The number of nitro groups is 1. The van der Waals surface area contributed by atoms with Crippen molar-refractivity contribution in [3.63, 3.8) is 0 Å². The van der Waals surface area contributed by atoms with Gasteiger partial charge in [0.25, 0.3) is 5.69 Å². The van der Waals surface area contributed by atoms with Crippen LogP contribution >= 0.6 is 11.6 Å². The second-order valence-corrected chi connectivity index (χ2v) is 5.20. The zero-order valence-corrected chi connectivity index (χ0v) is 13.0. The van der Waals surface area contributed by atoms with Gasteiger partial charge in [-0.3, -0.25) is 14.9 Å². The Morgan fingerprint density at radius 2 is 2.08 bits per heavy atom. The fourth-order valence-electron chi connectivity index (χ4n) is 1.86.